The normalized spacial score (nSPS) is 30.5. The molecule has 0 aromatic rings. The molecule has 0 unspecified atom stereocenters. The molecule has 3 nitrogen and oxygen atoms in total. The summed E-state index contributed by atoms with van der Waals surface area (Å²) < 4.78 is 0. The Bertz CT molecular complexity index is 177. The molecule has 3 radical (unpaired) electrons. The Morgan fingerprint density at radius 2 is 2.42 bits per heavy atom. The summed E-state index contributed by atoms with van der Waals surface area (Å²) in [5.41, 5.74) is 0. The molecule has 0 aliphatic carbocycles. The van der Waals surface area contributed by atoms with Crippen molar-refractivity contribution in [1.82, 2.24) is 10.1 Å². The Hall–Kier alpha value is -0.280. The first-order valence-corrected chi connectivity index (χ1v) is 4.17. The van der Waals surface area contributed by atoms with E-state index in [0.717, 1.165) is 13.0 Å². The summed E-state index contributed by atoms with van der Waals surface area (Å²) in [5.74, 6) is 0.189. The fourth-order valence-electron chi connectivity index (χ4n) is 1.63. The van der Waals surface area contributed by atoms with Crippen LogP contribution in [0.1, 0.15) is 13.3 Å². The van der Waals surface area contributed by atoms with Crippen molar-refractivity contribution in [3.8, 4) is 0 Å². The lowest BCUT2D eigenvalue weighted by Crippen LogP contribution is -2.38. The molecule has 1 saturated heterocycles. The second kappa shape index (κ2) is 4.10. The van der Waals surface area contributed by atoms with E-state index >= 15 is 0 Å². The van der Waals surface area contributed by atoms with Crippen LogP contribution in [0, 0.1) is 0 Å². The molecular weight excluding hydrogens is 150 g/mol. The van der Waals surface area contributed by atoms with Crippen LogP contribution in [-0.4, -0.2) is 51.3 Å². The minimum absolute atomic E-state index is 0.0209. The van der Waals surface area contributed by atoms with E-state index < -0.39 is 0 Å². The van der Waals surface area contributed by atoms with Gasteiger partial charge in [-0.3, -0.25) is 4.79 Å². The molecule has 63 valence electrons. The van der Waals surface area contributed by atoms with Gasteiger partial charge in [-0.15, -0.1) is 0 Å². The van der Waals surface area contributed by atoms with Gasteiger partial charge in [-0.2, -0.15) is 0 Å². The standard InChI is InChI=1S/C7H13B2N2O/c1-5(12)7-3-6(10-2)4-11(7)9-8/h6-7,10H,3-4H2,1-2H3/t6-,7+/m1/s1. The van der Waals surface area contributed by atoms with E-state index in [4.69, 9.17) is 7.74 Å². The highest BCUT2D eigenvalue weighted by Crippen LogP contribution is 2.16. The largest absolute Gasteiger partial charge is 0.346 e. The molecule has 5 heteroatoms. The molecule has 1 N–H and O–H groups in total. The van der Waals surface area contributed by atoms with Gasteiger partial charge < -0.3 is 10.1 Å². The van der Waals surface area contributed by atoms with Gasteiger partial charge in [0.25, 0.3) is 0 Å². The van der Waals surface area contributed by atoms with Gasteiger partial charge in [0.1, 0.15) is 13.1 Å². The summed E-state index contributed by atoms with van der Waals surface area (Å²) in [7, 11) is 8.81. The average molecular weight is 163 g/mol. The van der Waals surface area contributed by atoms with E-state index in [2.05, 4.69) is 5.32 Å². The molecular formula is C7H13B2N2O. The minimum atomic E-state index is -0.0209. The zero-order chi connectivity index (χ0) is 9.14. The zero-order valence-corrected chi connectivity index (χ0v) is 7.58. The highest BCUT2D eigenvalue weighted by molar-refractivity contribution is 6.87. The molecule has 1 aliphatic heterocycles. The van der Waals surface area contributed by atoms with E-state index in [1.54, 1.807) is 6.92 Å². The Labute approximate surface area is 75.5 Å². The van der Waals surface area contributed by atoms with Crippen molar-refractivity contribution in [1.29, 1.82) is 0 Å². The van der Waals surface area contributed by atoms with Crippen LogP contribution >= 0.6 is 0 Å². The third kappa shape index (κ3) is 1.90. The number of rotatable bonds is 3. The number of hydrogen-bond donors (Lipinski definition) is 1. The Balaban J connectivity index is 2.56. The van der Waals surface area contributed by atoms with Crippen molar-refractivity contribution in [2.45, 2.75) is 25.4 Å². The van der Waals surface area contributed by atoms with Crippen LogP contribution in [0.25, 0.3) is 0 Å². The maximum Gasteiger partial charge on any atom is 0.149 e. The highest BCUT2D eigenvalue weighted by Gasteiger charge is 2.32. The maximum atomic E-state index is 11.1. The lowest BCUT2D eigenvalue weighted by atomic mass is 9.64. The third-order valence-corrected chi connectivity index (χ3v) is 2.41. The van der Waals surface area contributed by atoms with E-state index in [-0.39, 0.29) is 11.8 Å². The lowest BCUT2D eigenvalue weighted by molar-refractivity contribution is -0.119. The van der Waals surface area contributed by atoms with Crippen LogP contribution in [0.2, 0.25) is 0 Å². The van der Waals surface area contributed by atoms with Crippen molar-refractivity contribution >= 4 is 20.8 Å². The van der Waals surface area contributed by atoms with Gasteiger partial charge >= 0.3 is 0 Å². The molecule has 0 spiro atoms. The van der Waals surface area contributed by atoms with Crippen molar-refractivity contribution in [3.63, 3.8) is 0 Å². The zero-order valence-electron chi connectivity index (χ0n) is 7.58. The first-order valence-electron chi connectivity index (χ1n) is 4.17. The fourth-order valence-corrected chi connectivity index (χ4v) is 1.63. The second-order valence-corrected chi connectivity index (χ2v) is 3.19. The molecule has 1 heterocycles. The van der Waals surface area contributed by atoms with Crippen LogP contribution in [0.5, 0.6) is 0 Å². The van der Waals surface area contributed by atoms with Crippen LogP contribution in [0.3, 0.4) is 0 Å². The van der Waals surface area contributed by atoms with Crippen molar-refractivity contribution < 1.29 is 4.79 Å². The van der Waals surface area contributed by atoms with Crippen LogP contribution in [-0.2, 0) is 4.79 Å². The number of ketones is 1. The van der Waals surface area contributed by atoms with Gasteiger partial charge in [0.05, 0.1) is 6.04 Å². The summed E-state index contributed by atoms with van der Waals surface area (Å²) >= 11 is 0. The van der Waals surface area contributed by atoms with Gasteiger partial charge in [0, 0.05) is 20.3 Å². The summed E-state index contributed by atoms with van der Waals surface area (Å²) in [6.45, 7) is 2.44. The average Bonchev–Trinajstić information content (AvgIpc) is 2.47. The first-order chi connectivity index (χ1) is 5.69. The van der Waals surface area contributed by atoms with E-state index in [1.165, 1.54) is 7.31 Å². The number of nitrogens with zero attached hydrogens (tertiary/aromatic N) is 1. The number of Topliss-reactive ketones (excluding diaryl/α,β-unsaturated/α-hetero) is 1. The first kappa shape index (κ1) is 9.81. The quantitative estimate of drug-likeness (QED) is 0.538. The molecule has 0 saturated carbocycles. The van der Waals surface area contributed by atoms with Gasteiger partial charge in [-0.1, -0.05) is 0 Å². The summed E-state index contributed by atoms with van der Waals surface area (Å²) in [6, 6.07) is 0.367. The number of carbonyl (C=O) groups is 1. The second-order valence-electron chi connectivity index (χ2n) is 3.19. The molecule has 1 aliphatic rings. The van der Waals surface area contributed by atoms with Crippen molar-refractivity contribution in [2.75, 3.05) is 13.6 Å². The van der Waals surface area contributed by atoms with E-state index in [0.29, 0.717) is 6.04 Å². The van der Waals surface area contributed by atoms with E-state index in [1.807, 2.05) is 11.9 Å². The van der Waals surface area contributed by atoms with Crippen LogP contribution < -0.4 is 5.32 Å². The lowest BCUT2D eigenvalue weighted by Gasteiger charge is -2.19. The molecule has 1 fully saturated rings. The van der Waals surface area contributed by atoms with Crippen LogP contribution in [0.4, 0.5) is 0 Å². The minimum Gasteiger partial charge on any atom is -0.346 e. The molecule has 0 aromatic carbocycles. The van der Waals surface area contributed by atoms with Crippen LogP contribution in [0.15, 0.2) is 0 Å². The summed E-state index contributed by atoms with van der Waals surface area (Å²) in [4.78, 5) is 13.0. The van der Waals surface area contributed by atoms with E-state index in [9.17, 15) is 4.79 Å². The van der Waals surface area contributed by atoms with Gasteiger partial charge in [-0.05, 0) is 20.4 Å². The van der Waals surface area contributed by atoms with Crippen molar-refractivity contribution in [2.24, 2.45) is 0 Å². The molecule has 12 heavy (non-hydrogen) atoms. The Kier molecular flexibility index (Phi) is 3.35. The van der Waals surface area contributed by atoms with Gasteiger partial charge in [0.15, 0.2) is 0 Å². The Morgan fingerprint density at radius 1 is 1.75 bits per heavy atom. The molecule has 0 bridgehead atoms. The third-order valence-electron chi connectivity index (χ3n) is 2.41. The highest BCUT2D eigenvalue weighted by atomic mass is 16.1. The summed E-state index contributed by atoms with van der Waals surface area (Å²) in [5, 5.41) is 3.14. The maximum absolute atomic E-state index is 11.1. The molecule has 0 aromatic heterocycles. The SMILES string of the molecule is [B][B]N1C[C@H](NC)C[C@H]1C(C)=O. The molecule has 2 atom stereocenters. The fraction of sp³-hybridized carbons (Fsp3) is 0.857. The van der Waals surface area contributed by atoms with Gasteiger partial charge in [0.2, 0.25) is 0 Å². The predicted molar refractivity (Wildman–Crippen MR) is 50.1 cm³/mol. The van der Waals surface area contributed by atoms with Crippen molar-refractivity contribution in [3.05, 3.63) is 0 Å². The summed E-state index contributed by atoms with van der Waals surface area (Å²) in [6.07, 6.45) is 0.861. The van der Waals surface area contributed by atoms with Gasteiger partial charge in [-0.25, -0.2) is 0 Å². The smallest absolute Gasteiger partial charge is 0.149 e. The number of likely N-dealkylation sites (N-methyl/N-ethyl adjacent to an activating group) is 1. The number of nitrogens with one attached hydrogen (secondary N) is 1. The molecule has 0 amide bonds. The Morgan fingerprint density at radius 3 is 2.75 bits per heavy atom. The number of hydrogen-bond acceptors (Lipinski definition) is 3. The predicted octanol–water partition coefficient (Wildman–Crippen LogP) is -1.06. The monoisotopic (exact) mass is 163 g/mol. The number of carbonyl (C=O) groups excluding carboxylic acids is 1. The molecule has 1 rings (SSSR count). The topological polar surface area (TPSA) is 32.3 Å².